The molecule has 0 bridgehead atoms. The molecule has 9 heteroatoms. The maximum atomic E-state index is 12.0. The van der Waals surface area contributed by atoms with Gasteiger partial charge in [0.2, 0.25) is 17.7 Å². The summed E-state index contributed by atoms with van der Waals surface area (Å²) < 4.78 is 0. The molecule has 126 valence electrons. The van der Waals surface area contributed by atoms with Gasteiger partial charge in [0, 0.05) is 19.9 Å². The van der Waals surface area contributed by atoms with E-state index in [0.29, 0.717) is 0 Å². The van der Waals surface area contributed by atoms with Crippen molar-refractivity contribution in [1.82, 2.24) is 16.0 Å². The van der Waals surface area contributed by atoms with E-state index < -0.39 is 36.5 Å². The molecular weight excluding hydrogens is 294 g/mol. The van der Waals surface area contributed by atoms with E-state index in [-0.39, 0.29) is 24.8 Å². The van der Waals surface area contributed by atoms with Gasteiger partial charge in [0.1, 0.15) is 12.1 Å². The van der Waals surface area contributed by atoms with Crippen LogP contribution in [0.15, 0.2) is 0 Å². The zero-order chi connectivity index (χ0) is 17.3. The molecular formula is C13H23N3O6. The Morgan fingerprint density at radius 3 is 2.09 bits per heavy atom. The lowest BCUT2D eigenvalue weighted by atomic mass is 10.0. The molecule has 22 heavy (non-hydrogen) atoms. The lowest BCUT2D eigenvalue weighted by molar-refractivity contribution is -0.143. The summed E-state index contributed by atoms with van der Waals surface area (Å²) in [5.41, 5.74) is 0. The molecule has 0 aliphatic heterocycles. The van der Waals surface area contributed by atoms with E-state index in [2.05, 4.69) is 16.0 Å². The summed E-state index contributed by atoms with van der Waals surface area (Å²) in [5.74, 6) is -3.05. The molecule has 0 radical (unpaired) electrons. The van der Waals surface area contributed by atoms with Gasteiger partial charge in [0.15, 0.2) is 0 Å². The monoisotopic (exact) mass is 317 g/mol. The van der Waals surface area contributed by atoms with Crippen molar-refractivity contribution in [3.8, 4) is 0 Å². The summed E-state index contributed by atoms with van der Waals surface area (Å²) in [5, 5.41) is 24.8. The Balaban J connectivity index is 4.58. The first-order valence-electron chi connectivity index (χ1n) is 6.86. The number of aliphatic hydroxyl groups excluding tert-OH is 1. The summed E-state index contributed by atoms with van der Waals surface area (Å²) in [6, 6.07) is -2.36. The molecule has 0 unspecified atom stereocenters. The highest BCUT2D eigenvalue weighted by atomic mass is 16.4. The van der Waals surface area contributed by atoms with Crippen LogP contribution in [0.4, 0.5) is 0 Å². The molecule has 0 aromatic carbocycles. The van der Waals surface area contributed by atoms with Crippen LogP contribution in [-0.4, -0.2) is 59.1 Å². The van der Waals surface area contributed by atoms with Crippen LogP contribution in [0.25, 0.3) is 0 Å². The van der Waals surface area contributed by atoms with E-state index in [9.17, 15) is 19.2 Å². The molecule has 0 heterocycles. The Kier molecular flexibility index (Phi) is 8.76. The fraction of sp³-hybridized carbons (Fsp3) is 0.692. The maximum absolute atomic E-state index is 12.0. The first-order valence-corrected chi connectivity index (χ1v) is 6.86. The fourth-order valence-corrected chi connectivity index (χ4v) is 1.58. The molecule has 0 fully saturated rings. The number of hydrogen-bond donors (Lipinski definition) is 5. The van der Waals surface area contributed by atoms with E-state index in [1.165, 1.54) is 6.92 Å². The summed E-state index contributed by atoms with van der Waals surface area (Å²) >= 11 is 0. The van der Waals surface area contributed by atoms with Crippen LogP contribution in [0.1, 0.15) is 27.2 Å². The first-order chi connectivity index (χ1) is 10.2. The molecule has 0 saturated carbocycles. The van der Waals surface area contributed by atoms with Gasteiger partial charge in [-0.3, -0.25) is 14.4 Å². The number of carboxylic acids is 1. The minimum absolute atomic E-state index is 0.00155. The van der Waals surface area contributed by atoms with Crippen molar-refractivity contribution in [2.45, 2.75) is 39.3 Å². The van der Waals surface area contributed by atoms with Crippen LogP contribution >= 0.6 is 0 Å². The molecule has 0 saturated heterocycles. The van der Waals surface area contributed by atoms with E-state index in [0.717, 1.165) is 0 Å². The molecule has 5 N–H and O–H groups in total. The number of aliphatic carboxylic acids is 1. The average Bonchev–Trinajstić information content (AvgIpc) is 2.40. The van der Waals surface area contributed by atoms with Crippen molar-refractivity contribution >= 4 is 23.7 Å². The largest absolute Gasteiger partial charge is 0.480 e. The highest BCUT2D eigenvalue weighted by Gasteiger charge is 2.28. The topological polar surface area (TPSA) is 145 Å². The molecule has 0 aliphatic carbocycles. The van der Waals surface area contributed by atoms with Gasteiger partial charge in [0.25, 0.3) is 0 Å². The summed E-state index contributed by atoms with van der Waals surface area (Å²) in [6.07, 6.45) is -0.00155. The Labute approximate surface area is 128 Å². The normalized spacial score (nSPS) is 13.1. The van der Waals surface area contributed by atoms with Crippen LogP contribution in [0.3, 0.4) is 0 Å². The molecule has 0 spiro atoms. The third-order valence-corrected chi connectivity index (χ3v) is 2.79. The van der Waals surface area contributed by atoms with Crippen molar-refractivity contribution in [2.75, 3.05) is 13.2 Å². The lowest BCUT2D eigenvalue weighted by Crippen LogP contribution is -2.54. The predicted octanol–water partition coefficient (Wildman–Crippen LogP) is -1.78. The molecule has 0 aromatic heterocycles. The van der Waals surface area contributed by atoms with Gasteiger partial charge in [-0.2, -0.15) is 0 Å². The van der Waals surface area contributed by atoms with Crippen molar-refractivity contribution < 1.29 is 29.4 Å². The number of amides is 3. The predicted molar refractivity (Wildman–Crippen MR) is 76.7 cm³/mol. The highest BCUT2D eigenvalue weighted by Crippen LogP contribution is 2.03. The van der Waals surface area contributed by atoms with E-state index in [1.54, 1.807) is 13.8 Å². The van der Waals surface area contributed by atoms with Crippen molar-refractivity contribution in [1.29, 1.82) is 0 Å². The van der Waals surface area contributed by atoms with Crippen LogP contribution in [0, 0.1) is 5.92 Å². The smallest absolute Gasteiger partial charge is 0.328 e. The number of carbonyl (C=O) groups is 4. The van der Waals surface area contributed by atoms with Gasteiger partial charge in [-0.15, -0.1) is 0 Å². The fourth-order valence-electron chi connectivity index (χ4n) is 1.58. The zero-order valence-corrected chi connectivity index (χ0v) is 12.9. The highest BCUT2D eigenvalue weighted by molar-refractivity contribution is 5.90. The Bertz CT molecular complexity index is 424. The molecule has 3 amide bonds. The number of nitrogens with one attached hydrogen (secondary N) is 3. The van der Waals surface area contributed by atoms with Crippen molar-refractivity contribution in [3.05, 3.63) is 0 Å². The van der Waals surface area contributed by atoms with Crippen LogP contribution in [0.2, 0.25) is 0 Å². The second kappa shape index (κ2) is 9.72. The summed E-state index contributed by atoms with van der Waals surface area (Å²) in [4.78, 5) is 45.2. The minimum Gasteiger partial charge on any atom is -0.480 e. The summed E-state index contributed by atoms with van der Waals surface area (Å²) in [7, 11) is 0. The number of hydrogen-bond acceptors (Lipinski definition) is 5. The number of carbonyl (C=O) groups excluding carboxylic acids is 3. The standard InChI is InChI=1S/C13H23N3O6/c1-7(2)11(12(20)15-9(6-17)13(21)22)16-10(19)4-5-14-8(3)18/h7,9,11,17H,4-6H2,1-3H3,(H,14,18)(H,15,20)(H,16,19)(H,21,22)/t9-,11-/m0/s1. The average molecular weight is 317 g/mol. The molecule has 9 nitrogen and oxygen atoms in total. The molecule has 0 aromatic rings. The van der Waals surface area contributed by atoms with Gasteiger partial charge < -0.3 is 26.2 Å². The van der Waals surface area contributed by atoms with Crippen LogP contribution < -0.4 is 16.0 Å². The second-order valence-corrected chi connectivity index (χ2v) is 5.10. The van der Waals surface area contributed by atoms with Gasteiger partial charge >= 0.3 is 5.97 Å². The maximum Gasteiger partial charge on any atom is 0.328 e. The van der Waals surface area contributed by atoms with Gasteiger partial charge in [-0.25, -0.2) is 4.79 Å². The van der Waals surface area contributed by atoms with Crippen LogP contribution in [-0.2, 0) is 19.2 Å². The third-order valence-electron chi connectivity index (χ3n) is 2.79. The van der Waals surface area contributed by atoms with Crippen LogP contribution in [0.5, 0.6) is 0 Å². The SMILES string of the molecule is CC(=O)NCCC(=O)N[C@H](C(=O)N[C@@H](CO)C(=O)O)C(C)C. The zero-order valence-electron chi connectivity index (χ0n) is 12.9. The number of carboxylic acid groups (broad SMARTS) is 1. The Morgan fingerprint density at radius 2 is 1.68 bits per heavy atom. The third kappa shape index (κ3) is 7.58. The van der Waals surface area contributed by atoms with E-state index in [1.807, 2.05) is 0 Å². The van der Waals surface area contributed by atoms with Crippen molar-refractivity contribution in [2.24, 2.45) is 5.92 Å². The summed E-state index contributed by atoms with van der Waals surface area (Å²) in [6.45, 7) is 4.09. The second-order valence-electron chi connectivity index (χ2n) is 5.10. The quantitative estimate of drug-likeness (QED) is 0.340. The molecule has 0 aliphatic rings. The Hall–Kier alpha value is -2.16. The van der Waals surface area contributed by atoms with Gasteiger partial charge in [0.05, 0.1) is 6.61 Å². The molecule has 0 rings (SSSR count). The minimum atomic E-state index is -1.43. The molecule has 2 atom stereocenters. The van der Waals surface area contributed by atoms with E-state index >= 15 is 0 Å². The lowest BCUT2D eigenvalue weighted by Gasteiger charge is -2.23. The van der Waals surface area contributed by atoms with Gasteiger partial charge in [-0.1, -0.05) is 13.8 Å². The van der Waals surface area contributed by atoms with E-state index in [4.69, 9.17) is 10.2 Å². The Morgan fingerprint density at radius 1 is 1.09 bits per heavy atom. The number of rotatable bonds is 9. The number of aliphatic hydroxyl groups is 1. The van der Waals surface area contributed by atoms with Gasteiger partial charge in [-0.05, 0) is 5.92 Å². The first kappa shape index (κ1) is 19.8. The van der Waals surface area contributed by atoms with Crippen molar-refractivity contribution in [3.63, 3.8) is 0 Å².